The molecule has 5 aromatic rings. The third-order valence-corrected chi connectivity index (χ3v) is 4.98. The molecule has 11 nitrogen and oxygen atoms in total. The minimum atomic E-state index is -0.331. The summed E-state index contributed by atoms with van der Waals surface area (Å²) >= 11 is 0. The highest BCUT2D eigenvalue weighted by atomic mass is 19.1. The Hall–Kier alpha value is -4.35. The molecule has 0 aliphatic carbocycles. The first-order valence-corrected chi connectivity index (χ1v) is 9.80. The second kappa shape index (κ2) is 8.06. The van der Waals surface area contributed by atoms with Crippen LogP contribution in [0.15, 0.2) is 53.5 Å². The van der Waals surface area contributed by atoms with E-state index in [4.69, 9.17) is 4.42 Å². The molecule has 0 atom stereocenters. The fourth-order valence-corrected chi connectivity index (χ4v) is 3.38. The topological polar surface area (TPSA) is 123 Å². The maximum Gasteiger partial charge on any atom is 0.311 e. The fraction of sp³-hybridized carbons (Fsp3) is 0.200. The highest BCUT2D eigenvalue weighted by Gasteiger charge is 2.27. The lowest BCUT2D eigenvalue weighted by molar-refractivity contribution is 0.0692. The fourth-order valence-electron chi connectivity index (χ4n) is 3.38. The molecule has 5 aromatic heterocycles. The van der Waals surface area contributed by atoms with Crippen LogP contribution in [0.3, 0.4) is 0 Å². The lowest BCUT2D eigenvalue weighted by atomic mass is 10.1. The van der Waals surface area contributed by atoms with Gasteiger partial charge in [0.2, 0.25) is 5.95 Å². The highest BCUT2D eigenvalue weighted by Crippen LogP contribution is 2.19. The van der Waals surface area contributed by atoms with Crippen LogP contribution in [0.5, 0.6) is 0 Å². The molecule has 6 heterocycles. The van der Waals surface area contributed by atoms with Crippen molar-refractivity contribution in [2.24, 2.45) is 7.05 Å². The van der Waals surface area contributed by atoms with Gasteiger partial charge in [-0.15, -0.1) is 10.2 Å². The molecule has 12 heteroatoms. The third kappa shape index (κ3) is 3.73. The molecule has 0 fully saturated rings. The van der Waals surface area contributed by atoms with Crippen molar-refractivity contribution in [1.82, 2.24) is 44.5 Å². The highest BCUT2D eigenvalue weighted by molar-refractivity contribution is 5.89. The summed E-state index contributed by atoms with van der Waals surface area (Å²) in [6.45, 7) is 1.05. The van der Waals surface area contributed by atoms with Gasteiger partial charge in [-0.2, -0.15) is 14.6 Å². The van der Waals surface area contributed by atoms with E-state index >= 15 is 0 Å². The molecule has 0 bridgehead atoms. The maximum atomic E-state index is 12.7. The largest absolute Gasteiger partial charge is 0.411 e. The summed E-state index contributed by atoms with van der Waals surface area (Å²) in [6.07, 6.45) is 5.69. The second-order valence-electron chi connectivity index (χ2n) is 7.11. The summed E-state index contributed by atoms with van der Waals surface area (Å²) in [5.41, 5.74) is 3.27. The Labute approximate surface area is 180 Å². The Kier molecular flexibility index (Phi) is 4.94. The van der Waals surface area contributed by atoms with E-state index in [9.17, 15) is 9.18 Å². The molecule has 1 aliphatic rings. The molecule has 1 amide bonds. The molecule has 0 spiro atoms. The first-order chi connectivity index (χ1) is 15.6. The van der Waals surface area contributed by atoms with Crippen LogP contribution >= 0.6 is 0 Å². The Bertz CT molecular complexity index is 1380. The molecule has 0 aromatic carbocycles. The summed E-state index contributed by atoms with van der Waals surface area (Å²) in [5.74, 6) is -0.399. The Balaban J connectivity index is 0.000000180. The number of aromatic nitrogens is 8. The van der Waals surface area contributed by atoms with Gasteiger partial charge in [-0.25, -0.2) is 9.50 Å². The number of pyridine rings is 1. The van der Waals surface area contributed by atoms with E-state index in [2.05, 4.69) is 30.4 Å². The van der Waals surface area contributed by atoms with Gasteiger partial charge >= 0.3 is 11.8 Å². The summed E-state index contributed by atoms with van der Waals surface area (Å²) in [6, 6.07) is 8.34. The summed E-state index contributed by atoms with van der Waals surface area (Å²) in [7, 11) is 1.79. The van der Waals surface area contributed by atoms with E-state index in [1.165, 1.54) is 10.6 Å². The molecule has 0 saturated heterocycles. The zero-order chi connectivity index (χ0) is 22.1. The Morgan fingerprint density at radius 3 is 2.94 bits per heavy atom. The van der Waals surface area contributed by atoms with Crippen molar-refractivity contribution in [3.63, 3.8) is 0 Å². The van der Waals surface area contributed by atoms with E-state index < -0.39 is 0 Å². The molecule has 1 aliphatic heterocycles. The van der Waals surface area contributed by atoms with Crippen molar-refractivity contribution < 1.29 is 13.6 Å². The molecular formula is C20H18FN9O2. The number of nitrogens with zero attached hydrogens (tertiary/aromatic N) is 8. The predicted octanol–water partition coefficient (Wildman–Crippen LogP) is 1.87. The number of hydrogen-bond donors (Lipinski definition) is 1. The van der Waals surface area contributed by atoms with Crippen molar-refractivity contribution in [2.45, 2.75) is 13.0 Å². The third-order valence-electron chi connectivity index (χ3n) is 4.98. The van der Waals surface area contributed by atoms with Gasteiger partial charge in [-0.3, -0.25) is 9.48 Å². The van der Waals surface area contributed by atoms with Crippen molar-refractivity contribution >= 4 is 11.4 Å². The van der Waals surface area contributed by atoms with Crippen LogP contribution in [-0.4, -0.2) is 56.9 Å². The zero-order valence-electron chi connectivity index (χ0n) is 17.0. The normalized spacial score (nSPS) is 13.0. The van der Waals surface area contributed by atoms with Gasteiger partial charge in [0.15, 0.2) is 0 Å². The first-order valence-electron chi connectivity index (χ1n) is 9.80. The number of fused-ring (bicyclic) bond motifs is 2. The predicted molar refractivity (Wildman–Crippen MR) is 109 cm³/mol. The van der Waals surface area contributed by atoms with Crippen LogP contribution < -0.4 is 0 Å². The molecule has 0 radical (unpaired) electrons. The standard InChI is InChI=1S/C13H13N7O2.C7H5FN2/c1-19-4-2-9(18-19)11-16-17-12(22-11)13(21)20-5-3-8-10(6-20)15-7-14-8;8-7-3-1-2-6-4-5-9-10(6)7/h2,4,7H,3,5-6H2,1H3,(H,14,15);1-5H. The monoisotopic (exact) mass is 435 g/mol. The van der Waals surface area contributed by atoms with Gasteiger partial charge in [-0.05, 0) is 24.3 Å². The molecule has 0 unspecified atom stereocenters. The molecule has 6 rings (SSSR count). The lowest BCUT2D eigenvalue weighted by Gasteiger charge is -2.24. The van der Waals surface area contributed by atoms with E-state index in [1.807, 2.05) is 0 Å². The summed E-state index contributed by atoms with van der Waals surface area (Å²) in [4.78, 5) is 21.4. The molecule has 162 valence electrons. The van der Waals surface area contributed by atoms with Gasteiger partial charge in [0, 0.05) is 26.2 Å². The van der Waals surface area contributed by atoms with Crippen LogP contribution in [0.1, 0.15) is 22.1 Å². The van der Waals surface area contributed by atoms with Crippen LogP contribution in [0.25, 0.3) is 17.1 Å². The van der Waals surface area contributed by atoms with Gasteiger partial charge < -0.3 is 14.3 Å². The van der Waals surface area contributed by atoms with E-state index in [1.54, 1.807) is 59.6 Å². The minimum absolute atomic E-state index is 0.0244. The quantitative estimate of drug-likeness (QED) is 0.420. The van der Waals surface area contributed by atoms with Crippen molar-refractivity contribution in [3.05, 3.63) is 72.3 Å². The second-order valence-corrected chi connectivity index (χ2v) is 7.11. The van der Waals surface area contributed by atoms with E-state index in [0.29, 0.717) is 25.2 Å². The van der Waals surface area contributed by atoms with Gasteiger partial charge in [0.05, 0.1) is 36.0 Å². The number of H-pyrrole nitrogens is 1. The summed E-state index contributed by atoms with van der Waals surface area (Å²) in [5, 5.41) is 15.7. The molecule has 0 saturated carbocycles. The van der Waals surface area contributed by atoms with Crippen LogP contribution in [0, 0.1) is 5.95 Å². The number of nitrogens with one attached hydrogen (secondary N) is 1. The van der Waals surface area contributed by atoms with Crippen LogP contribution in [0.4, 0.5) is 4.39 Å². The number of imidazole rings is 1. The number of carbonyl (C=O) groups is 1. The number of aryl methyl sites for hydroxylation is 1. The number of carbonyl (C=O) groups excluding carboxylic acids is 1. The zero-order valence-corrected chi connectivity index (χ0v) is 17.0. The smallest absolute Gasteiger partial charge is 0.311 e. The van der Waals surface area contributed by atoms with Gasteiger partial charge in [0.1, 0.15) is 5.69 Å². The summed E-state index contributed by atoms with van der Waals surface area (Å²) < 4.78 is 21.1. The number of halogens is 1. The van der Waals surface area contributed by atoms with Crippen molar-refractivity contribution in [2.75, 3.05) is 6.54 Å². The number of rotatable bonds is 2. The number of aromatic amines is 1. The Morgan fingerprint density at radius 1 is 1.22 bits per heavy atom. The van der Waals surface area contributed by atoms with Gasteiger partial charge in [-0.1, -0.05) is 6.07 Å². The van der Waals surface area contributed by atoms with Gasteiger partial charge in [0.25, 0.3) is 5.89 Å². The van der Waals surface area contributed by atoms with Crippen LogP contribution in [0.2, 0.25) is 0 Å². The van der Waals surface area contributed by atoms with Crippen molar-refractivity contribution in [1.29, 1.82) is 0 Å². The molecular weight excluding hydrogens is 417 g/mol. The average molecular weight is 435 g/mol. The SMILES string of the molecule is Cn1ccc(-c2nnc(C(=O)N3CCc4nc[nH]c4C3)o2)n1.Fc1cccc2ccnn12. The Morgan fingerprint density at radius 2 is 2.12 bits per heavy atom. The molecule has 32 heavy (non-hydrogen) atoms. The number of amides is 1. The van der Waals surface area contributed by atoms with E-state index in [0.717, 1.165) is 16.9 Å². The average Bonchev–Trinajstić information content (AvgIpc) is 3.59. The van der Waals surface area contributed by atoms with Crippen molar-refractivity contribution in [3.8, 4) is 11.6 Å². The lowest BCUT2D eigenvalue weighted by Crippen LogP contribution is -2.36. The first kappa shape index (κ1) is 19.6. The number of hydrogen-bond acceptors (Lipinski definition) is 7. The van der Waals surface area contributed by atoms with Crippen LogP contribution in [-0.2, 0) is 20.0 Å². The van der Waals surface area contributed by atoms with E-state index in [-0.39, 0.29) is 23.6 Å². The molecule has 1 N–H and O–H groups in total. The minimum Gasteiger partial charge on any atom is -0.411 e. The maximum absolute atomic E-state index is 12.7.